The lowest BCUT2D eigenvalue weighted by Gasteiger charge is -2.32. The van der Waals surface area contributed by atoms with Crippen molar-refractivity contribution in [2.75, 3.05) is 7.05 Å². The minimum atomic E-state index is -3.93. The Kier molecular flexibility index (Phi) is 6.67. The van der Waals surface area contributed by atoms with Gasteiger partial charge in [0.25, 0.3) is 0 Å². The van der Waals surface area contributed by atoms with Crippen molar-refractivity contribution in [1.29, 1.82) is 0 Å². The molecule has 2 aromatic rings. The molecule has 3 rings (SSSR count). The van der Waals surface area contributed by atoms with Crippen LogP contribution in [-0.2, 0) is 21.2 Å². The summed E-state index contributed by atoms with van der Waals surface area (Å²) in [5.74, 6) is -0.455. The summed E-state index contributed by atoms with van der Waals surface area (Å²) in [6, 6.07) is 11.7. The number of rotatable bonds is 7. The number of halogens is 3. The van der Waals surface area contributed by atoms with E-state index in [4.69, 9.17) is 11.6 Å². The summed E-state index contributed by atoms with van der Waals surface area (Å²) >= 11 is 5.88. The van der Waals surface area contributed by atoms with Crippen molar-refractivity contribution < 1.29 is 26.7 Å². The highest BCUT2D eigenvalue weighted by atomic mass is 35.5. The van der Waals surface area contributed by atoms with Gasteiger partial charge in [0.15, 0.2) is 14.6 Å². The Morgan fingerprint density at radius 1 is 1.10 bits per heavy atom. The molecule has 1 aliphatic carbocycles. The molecule has 5 nitrogen and oxygen atoms in total. The summed E-state index contributed by atoms with van der Waals surface area (Å²) in [4.78, 5) is 14.8. The molecule has 1 amide bonds. The molecule has 9 heteroatoms. The van der Waals surface area contributed by atoms with Crippen LogP contribution in [0.15, 0.2) is 53.4 Å². The first-order valence-corrected chi connectivity index (χ1v) is 11.3. The average molecular weight is 458 g/mol. The van der Waals surface area contributed by atoms with Gasteiger partial charge in [-0.3, -0.25) is 4.79 Å². The smallest absolute Gasteiger partial charge is 0.387 e. The van der Waals surface area contributed by atoms with Crippen molar-refractivity contribution in [3.8, 4) is 5.75 Å². The minimum Gasteiger partial charge on any atom is -0.435 e. The Bertz CT molecular complexity index is 989. The van der Waals surface area contributed by atoms with Crippen LogP contribution < -0.4 is 4.74 Å². The van der Waals surface area contributed by atoms with Crippen molar-refractivity contribution in [3.05, 3.63) is 59.1 Å². The SMILES string of the molecule is CN(Cc1ccc(OC(F)F)cc1)C(=O)C1(S(=O)(=O)c2ccc(Cl)cc2)CCCC1. The number of hydrogen-bond donors (Lipinski definition) is 0. The zero-order valence-corrected chi connectivity index (χ0v) is 17.9. The second kappa shape index (κ2) is 8.89. The predicted molar refractivity (Wildman–Crippen MR) is 109 cm³/mol. The molecule has 1 aliphatic rings. The molecule has 0 radical (unpaired) electrons. The highest BCUT2D eigenvalue weighted by molar-refractivity contribution is 7.93. The zero-order valence-electron chi connectivity index (χ0n) is 16.4. The van der Waals surface area contributed by atoms with Crippen LogP contribution >= 0.6 is 11.6 Å². The summed E-state index contributed by atoms with van der Waals surface area (Å²) in [7, 11) is -2.38. The Morgan fingerprint density at radius 2 is 1.67 bits per heavy atom. The third kappa shape index (κ3) is 4.44. The van der Waals surface area contributed by atoms with Gasteiger partial charge in [0.2, 0.25) is 5.91 Å². The first-order chi connectivity index (χ1) is 14.2. The molecule has 0 unspecified atom stereocenters. The van der Waals surface area contributed by atoms with Gasteiger partial charge in [-0.15, -0.1) is 0 Å². The summed E-state index contributed by atoms with van der Waals surface area (Å²) in [6.07, 6.45) is 1.79. The van der Waals surface area contributed by atoms with E-state index in [2.05, 4.69) is 4.74 Å². The molecule has 1 saturated carbocycles. The normalized spacial score (nSPS) is 15.9. The number of carbonyl (C=O) groups is 1. The molecule has 0 spiro atoms. The third-order valence-electron chi connectivity index (χ3n) is 5.35. The summed E-state index contributed by atoms with van der Waals surface area (Å²) in [6.45, 7) is -2.77. The molecule has 0 saturated heterocycles. The average Bonchev–Trinajstić information content (AvgIpc) is 3.20. The molecular weight excluding hydrogens is 436 g/mol. The lowest BCUT2D eigenvalue weighted by molar-refractivity contribution is -0.133. The largest absolute Gasteiger partial charge is 0.435 e. The van der Waals surface area contributed by atoms with Crippen molar-refractivity contribution in [1.82, 2.24) is 4.90 Å². The summed E-state index contributed by atoms with van der Waals surface area (Å²) < 4.78 is 54.2. The number of ether oxygens (including phenoxy) is 1. The lowest BCUT2D eigenvalue weighted by Crippen LogP contribution is -2.50. The number of amides is 1. The van der Waals surface area contributed by atoms with Gasteiger partial charge < -0.3 is 9.64 Å². The Labute approximate surface area is 179 Å². The quantitative estimate of drug-likeness (QED) is 0.605. The van der Waals surface area contributed by atoms with Gasteiger partial charge in [-0.2, -0.15) is 8.78 Å². The van der Waals surface area contributed by atoms with E-state index in [1.54, 1.807) is 19.2 Å². The second-order valence-corrected chi connectivity index (χ2v) is 10.0. The molecule has 0 N–H and O–H groups in total. The monoisotopic (exact) mass is 457 g/mol. The van der Waals surface area contributed by atoms with Crippen molar-refractivity contribution in [2.24, 2.45) is 0 Å². The number of alkyl halides is 2. The van der Waals surface area contributed by atoms with Gasteiger partial charge in [0, 0.05) is 18.6 Å². The van der Waals surface area contributed by atoms with Crippen LogP contribution in [0.5, 0.6) is 5.75 Å². The molecule has 0 bridgehead atoms. The van der Waals surface area contributed by atoms with Crippen LogP contribution in [0.3, 0.4) is 0 Å². The maximum atomic E-state index is 13.4. The van der Waals surface area contributed by atoms with Gasteiger partial charge in [-0.25, -0.2) is 8.42 Å². The van der Waals surface area contributed by atoms with E-state index in [0.29, 0.717) is 23.4 Å². The minimum absolute atomic E-state index is 0.0142. The molecule has 30 heavy (non-hydrogen) atoms. The topological polar surface area (TPSA) is 63.7 Å². The molecule has 162 valence electrons. The van der Waals surface area contributed by atoms with E-state index in [-0.39, 0.29) is 30.0 Å². The highest BCUT2D eigenvalue weighted by Crippen LogP contribution is 2.42. The maximum Gasteiger partial charge on any atom is 0.387 e. The van der Waals surface area contributed by atoms with Gasteiger partial charge >= 0.3 is 6.61 Å². The van der Waals surface area contributed by atoms with E-state index in [9.17, 15) is 22.0 Å². The first kappa shape index (κ1) is 22.5. The van der Waals surface area contributed by atoms with Gasteiger partial charge in [0.05, 0.1) is 4.90 Å². The summed E-state index contributed by atoms with van der Waals surface area (Å²) in [5, 5.41) is 0.414. The van der Waals surface area contributed by atoms with E-state index >= 15 is 0 Å². The summed E-state index contributed by atoms with van der Waals surface area (Å²) in [5.41, 5.74) is 0.671. The van der Waals surface area contributed by atoms with Crippen LogP contribution in [0, 0.1) is 0 Å². The molecular formula is C21H22ClF2NO4S. The van der Waals surface area contributed by atoms with Crippen molar-refractivity contribution >= 4 is 27.3 Å². The molecule has 0 heterocycles. The van der Waals surface area contributed by atoms with Gasteiger partial charge in [-0.05, 0) is 54.8 Å². The van der Waals surface area contributed by atoms with Gasteiger partial charge in [0.1, 0.15) is 5.75 Å². The Balaban J connectivity index is 1.83. The molecule has 2 aromatic carbocycles. The second-order valence-electron chi connectivity index (χ2n) is 7.34. The molecule has 0 atom stereocenters. The van der Waals surface area contributed by atoms with E-state index in [1.807, 2.05) is 0 Å². The van der Waals surface area contributed by atoms with Crippen LogP contribution in [0.4, 0.5) is 8.78 Å². The van der Waals surface area contributed by atoms with Crippen LogP contribution in [0.25, 0.3) is 0 Å². The van der Waals surface area contributed by atoms with Crippen molar-refractivity contribution in [2.45, 2.75) is 48.5 Å². The standard InChI is InChI=1S/C21H22ClF2NO4S/c1-25(14-15-4-8-17(9-5-15)29-20(23)24)19(26)21(12-2-3-13-21)30(27,28)18-10-6-16(22)7-11-18/h4-11,20H,2-3,12-14H2,1H3. The predicted octanol–water partition coefficient (Wildman–Crippen LogP) is 4.69. The maximum absolute atomic E-state index is 13.4. The molecule has 0 aliphatic heterocycles. The number of sulfone groups is 1. The van der Waals surface area contributed by atoms with E-state index in [1.165, 1.54) is 41.3 Å². The first-order valence-electron chi connectivity index (χ1n) is 9.45. The van der Waals surface area contributed by atoms with Crippen molar-refractivity contribution in [3.63, 3.8) is 0 Å². The van der Waals surface area contributed by atoms with Crippen LogP contribution in [0.2, 0.25) is 5.02 Å². The lowest BCUT2D eigenvalue weighted by atomic mass is 10.1. The Hall–Kier alpha value is -2.19. The zero-order chi connectivity index (χ0) is 21.9. The van der Waals surface area contributed by atoms with Gasteiger partial charge in [-0.1, -0.05) is 36.6 Å². The Morgan fingerprint density at radius 3 is 2.20 bits per heavy atom. The van der Waals surface area contributed by atoms with Crippen LogP contribution in [-0.4, -0.2) is 37.6 Å². The number of benzene rings is 2. The number of nitrogens with zero attached hydrogens (tertiary/aromatic N) is 1. The third-order valence-corrected chi connectivity index (χ3v) is 8.11. The molecule has 1 fully saturated rings. The highest BCUT2D eigenvalue weighted by Gasteiger charge is 2.53. The fourth-order valence-electron chi connectivity index (χ4n) is 3.85. The van der Waals surface area contributed by atoms with E-state index in [0.717, 1.165) is 0 Å². The number of carbonyl (C=O) groups excluding carboxylic acids is 1. The van der Waals surface area contributed by atoms with E-state index < -0.39 is 27.1 Å². The molecule has 0 aromatic heterocycles. The fourth-order valence-corrected chi connectivity index (χ4v) is 6.14. The van der Waals surface area contributed by atoms with Crippen LogP contribution in [0.1, 0.15) is 31.2 Å². The number of hydrogen-bond acceptors (Lipinski definition) is 4. The fraction of sp³-hybridized carbons (Fsp3) is 0.381.